The summed E-state index contributed by atoms with van der Waals surface area (Å²) in [5, 5.41) is 14.8. The average Bonchev–Trinajstić information content (AvgIpc) is 2.76. The zero-order valence-corrected chi connectivity index (χ0v) is 9.58. The summed E-state index contributed by atoms with van der Waals surface area (Å²) in [5.41, 5.74) is 0.531. The molecule has 8 heteroatoms. The molecule has 98 valence electrons. The third-order valence-electron chi connectivity index (χ3n) is 2.18. The minimum atomic E-state index is -1.04. The molecule has 0 saturated carbocycles. The fourth-order valence-corrected chi connectivity index (χ4v) is 1.37. The number of carboxylic acid groups (broad SMARTS) is 1. The molecule has 0 saturated heterocycles. The van der Waals surface area contributed by atoms with Crippen molar-refractivity contribution in [1.29, 1.82) is 0 Å². The fourth-order valence-electron chi connectivity index (χ4n) is 1.37. The predicted octanol–water partition coefficient (Wildman–Crippen LogP) is 0.754. The van der Waals surface area contributed by atoms with E-state index in [1.165, 1.54) is 23.1 Å². The molecule has 0 spiro atoms. The number of aliphatic carboxylic acids is 1. The van der Waals surface area contributed by atoms with E-state index in [2.05, 4.69) is 15.4 Å². The topological polar surface area (TPSA) is 97.1 Å². The smallest absolute Gasteiger partial charge is 0.325 e. The third-order valence-corrected chi connectivity index (χ3v) is 2.18. The fraction of sp³-hybridized carbons (Fsp3) is 0.0909. The van der Waals surface area contributed by atoms with Crippen molar-refractivity contribution in [2.75, 3.05) is 5.32 Å². The van der Waals surface area contributed by atoms with Gasteiger partial charge in [-0.3, -0.25) is 14.3 Å². The van der Waals surface area contributed by atoms with Crippen molar-refractivity contribution >= 4 is 17.6 Å². The van der Waals surface area contributed by atoms with Crippen LogP contribution in [-0.4, -0.2) is 31.7 Å². The molecular weight excluding hydrogens is 255 g/mol. The van der Waals surface area contributed by atoms with E-state index in [0.717, 1.165) is 12.3 Å². The van der Waals surface area contributed by atoms with Gasteiger partial charge in [0.1, 0.15) is 6.54 Å². The van der Waals surface area contributed by atoms with Gasteiger partial charge in [0.05, 0.1) is 17.4 Å². The molecule has 1 amide bonds. The van der Waals surface area contributed by atoms with E-state index in [1.54, 1.807) is 0 Å². The number of nitrogens with zero attached hydrogens (tertiary/aromatic N) is 3. The molecule has 0 aliphatic rings. The van der Waals surface area contributed by atoms with Crippen molar-refractivity contribution in [3.8, 4) is 0 Å². The minimum absolute atomic E-state index is 0.187. The van der Waals surface area contributed by atoms with Gasteiger partial charge < -0.3 is 10.4 Å². The summed E-state index contributed by atoms with van der Waals surface area (Å²) in [5.74, 6) is -2.20. The second-order valence-corrected chi connectivity index (χ2v) is 3.64. The number of carbonyl (C=O) groups excluding carboxylic acids is 1. The van der Waals surface area contributed by atoms with Crippen LogP contribution in [-0.2, 0) is 11.3 Å². The lowest BCUT2D eigenvalue weighted by molar-refractivity contribution is -0.137. The molecular formula is C11H9FN4O3. The maximum atomic E-state index is 12.6. The van der Waals surface area contributed by atoms with Crippen LogP contribution >= 0.6 is 0 Å². The number of carboxylic acids is 1. The van der Waals surface area contributed by atoms with E-state index in [9.17, 15) is 14.0 Å². The van der Waals surface area contributed by atoms with Crippen LogP contribution in [0.1, 0.15) is 10.4 Å². The second-order valence-electron chi connectivity index (χ2n) is 3.64. The number of amides is 1. The number of carbonyl (C=O) groups is 2. The van der Waals surface area contributed by atoms with Crippen molar-refractivity contribution in [3.05, 3.63) is 42.2 Å². The molecule has 0 aliphatic heterocycles. The largest absolute Gasteiger partial charge is 0.480 e. The Morgan fingerprint density at radius 3 is 2.79 bits per heavy atom. The van der Waals surface area contributed by atoms with Gasteiger partial charge in [0, 0.05) is 12.4 Å². The predicted molar refractivity (Wildman–Crippen MR) is 62.0 cm³/mol. The van der Waals surface area contributed by atoms with Crippen LogP contribution in [0.4, 0.5) is 10.1 Å². The van der Waals surface area contributed by atoms with E-state index in [0.29, 0.717) is 5.69 Å². The number of hydrogen-bond acceptors (Lipinski definition) is 4. The van der Waals surface area contributed by atoms with Gasteiger partial charge in [-0.15, -0.1) is 0 Å². The van der Waals surface area contributed by atoms with E-state index in [-0.39, 0.29) is 12.1 Å². The number of pyridine rings is 1. The van der Waals surface area contributed by atoms with Crippen LogP contribution in [0.3, 0.4) is 0 Å². The van der Waals surface area contributed by atoms with Crippen molar-refractivity contribution in [3.63, 3.8) is 0 Å². The van der Waals surface area contributed by atoms with Crippen LogP contribution in [0, 0.1) is 5.95 Å². The summed E-state index contributed by atoms with van der Waals surface area (Å²) < 4.78 is 13.8. The molecule has 2 rings (SSSR count). The van der Waals surface area contributed by atoms with Gasteiger partial charge in [-0.05, 0) is 12.1 Å². The highest BCUT2D eigenvalue weighted by molar-refractivity contribution is 6.03. The first-order valence-electron chi connectivity index (χ1n) is 5.22. The van der Waals surface area contributed by atoms with Crippen LogP contribution < -0.4 is 5.32 Å². The number of rotatable bonds is 4. The lowest BCUT2D eigenvalue weighted by Gasteiger charge is -2.01. The number of hydrogen-bond donors (Lipinski definition) is 2. The van der Waals surface area contributed by atoms with E-state index in [4.69, 9.17) is 5.11 Å². The maximum Gasteiger partial charge on any atom is 0.325 e. The van der Waals surface area contributed by atoms with Crippen molar-refractivity contribution in [1.82, 2.24) is 14.8 Å². The lowest BCUT2D eigenvalue weighted by atomic mass is 10.2. The Balaban J connectivity index is 2.04. The quantitative estimate of drug-likeness (QED) is 0.794. The number of anilines is 1. The van der Waals surface area contributed by atoms with Gasteiger partial charge in [-0.25, -0.2) is 4.98 Å². The first kappa shape index (κ1) is 12.7. The van der Waals surface area contributed by atoms with Gasteiger partial charge in [0.25, 0.3) is 5.91 Å². The molecule has 0 aromatic carbocycles. The average molecular weight is 264 g/mol. The maximum absolute atomic E-state index is 12.6. The van der Waals surface area contributed by atoms with Gasteiger partial charge in [0.15, 0.2) is 0 Å². The number of aromatic nitrogens is 3. The molecule has 2 aromatic rings. The Morgan fingerprint density at radius 2 is 2.16 bits per heavy atom. The summed E-state index contributed by atoms with van der Waals surface area (Å²) in [6, 6.07) is 2.36. The van der Waals surface area contributed by atoms with E-state index >= 15 is 0 Å². The van der Waals surface area contributed by atoms with Crippen LogP contribution in [0.25, 0.3) is 0 Å². The summed E-state index contributed by atoms with van der Waals surface area (Å²) in [4.78, 5) is 25.6. The molecule has 0 fully saturated rings. The highest BCUT2D eigenvalue weighted by Gasteiger charge is 2.09. The summed E-state index contributed by atoms with van der Waals surface area (Å²) >= 11 is 0. The third kappa shape index (κ3) is 3.35. The highest BCUT2D eigenvalue weighted by Crippen LogP contribution is 2.08. The van der Waals surface area contributed by atoms with Crippen molar-refractivity contribution in [2.45, 2.75) is 6.54 Å². The van der Waals surface area contributed by atoms with Gasteiger partial charge >= 0.3 is 5.97 Å². The summed E-state index contributed by atoms with van der Waals surface area (Å²) in [6.07, 6.45) is 3.80. The Morgan fingerprint density at radius 1 is 1.37 bits per heavy atom. The monoisotopic (exact) mass is 264 g/mol. The van der Waals surface area contributed by atoms with Gasteiger partial charge in [-0.1, -0.05) is 0 Å². The van der Waals surface area contributed by atoms with Crippen molar-refractivity contribution in [2.24, 2.45) is 0 Å². The molecule has 2 aromatic heterocycles. The first-order valence-corrected chi connectivity index (χ1v) is 5.22. The zero-order valence-electron chi connectivity index (χ0n) is 9.58. The Kier molecular flexibility index (Phi) is 3.51. The second kappa shape index (κ2) is 5.25. The van der Waals surface area contributed by atoms with Crippen LogP contribution in [0.5, 0.6) is 0 Å². The standard InChI is InChI=1S/C11H9FN4O3/c12-9-2-1-7(3-13-9)11(19)15-8-4-14-16(5-8)6-10(17)18/h1-5H,6H2,(H,15,19)(H,17,18). The molecule has 0 unspecified atom stereocenters. The Labute approximate surface area is 106 Å². The van der Waals surface area contributed by atoms with E-state index in [1.807, 2.05) is 0 Å². The summed E-state index contributed by atoms with van der Waals surface area (Å²) in [6.45, 7) is -0.298. The number of halogens is 1. The highest BCUT2D eigenvalue weighted by atomic mass is 19.1. The molecule has 7 nitrogen and oxygen atoms in total. The lowest BCUT2D eigenvalue weighted by Crippen LogP contribution is -2.12. The molecule has 0 atom stereocenters. The molecule has 0 bridgehead atoms. The first-order chi connectivity index (χ1) is 9.04. The van der Waals surface area contributed by atoms with Gasteiger partial charge in [0.2, 0.25) is 5.95 Å². The van der Waals surface area contributed by atoms with Crippen LogP contribution in [0.2, 0.25) is 0 Å². The molecule has 2 heterocycles. The normalized spacial score (nSPS) is 10.2. The van der Waals surface area contributed by atoms with Gasteiger partial charge in [-0.2, -0.15) is 9.49 Å². The van der Waals surface area contributed by atoms with Crippen LogP contribution in [0.15, 0.2) is 30.7 Å². The Hall–Kier alpha value is -2.77. The SMILES string of the molecule is O=C(O)Cn1cc(NC(=O)c2ccc(F)nc2)cn1. The molecule has 0 radical (unpaired) electrons. The van der Waals surface area contributed by atoms with Crippen molar-refractivity contribution < 1.29 is 19.1 Å². The molecule has 0 aliphatic carbocycles. The summed E-state index contributed by atoms with van der Waals surface area (Å²) in [7, 11) is 0. The minimum Gasteiger partial charge on any atom is -0.480 e. The number of nitrogens with one attached hydrogen (secondary N) is 1. The molecule has 19 heavy (non-hydrogen) atoms. The Bertz CT molecular complexity index is 609. The molecule has 2 N–H and O–H groups in total. The van der Waals surface area contributed by atoms with E-state index < -0.39 is 17.8 Å². The zero-order chi connectivity index (χ0) is 13.8.